The number of benzene rings is 2. The first kappa shape index (κ1) is 19.2. The molecule has 0 saturated carbocycles. The number of amides is 1. The molecule has 0 aliphatic carbocycles. The Hall–Kier alpha value is -2.59. The Labute approximate surface area is 165 Å². The number of hydrogen-bond acceptors (Lipinski definition) is 2. The monoisotopic (exact) mass is 381 g/mol. The molecule has 0 atom stereocenters. The van der Waals surface area contributed by atoms with Crippen LogP contribution in [0.25, 0.3) is 0 Å². The Morgan fingerprint density at radius 1 is 1.04 bits per heavy atom. The van der Waals surface area contributed by atoms with Crippen molar-refractivity contribution in [3.63, 3.8) is 0 Å². The van der Waals surface area contributed by atoms with Gasteiger partial charge in [0.25, 0.3) is 5.91 Å². The van der Waals surface area contributed by atoms with E-state index in [4.69, 9.17) is 11.6 Å². The van der Waals surface area contributed by atoms with Crippen molar-refractivity contribution in [3.05, 3.63) is 81.6 Å². The molecule has 0 aliphatic heterocycles. The Morgan fingerprint density at radius 2 is 1.67 bits per heavy atom. The fraction of sp³-hybridized carbons (Fsp3) is 0.273. The van der Waals surface area contributed by atoms with Crippen LogP contribution in [0.5, 0.6) is 0 Å². The van der Waals surface area contributed by atoms with Gasteiger partial charge in [0, 0.05) is 5.69 Å². The molecular formula is C22H24ClN3O. The molecule has 5 heteroatoms. The molecule has 1 amide bonds. The highest BCUT2D eigenvalue weighted by Crippen LogP contribution is 2.23. The lowest BCUT2D eigenvalue weighted by molar-refractivity contribution is 0.102. The van der Waals surface area contributed by atoms with Crippen molar-refractivity contribution >= 4 is 23.2 Å². The zero-order valence-corrected chi connectivity index (χ0v) is 16.7. The highest BCUT2D eigenvalue weighted by Gasteiger charge is 2.20. The minimum Gasteiger partial charge on any atom is -0.322 e. The van der Waals surface area contributed by atoms with Crippen LogP contribution in [0.15, 0.2) is 48.5 Å². The summed E-state index contributed by atoms with van der Waals surface area (Å²) in [6.45, 7) is 6.52. The van der Waals surface area contributed by atoms with Crippen LogP contribution < -0.4 is 5.32 Å². The van der Waals surface area contributed by atoms with Crippen molar-refractivity contribution < 1.29 is 4.79 Å². The molecule has 1 aromatic heterocycles. The maximum absolute atomic E-state index is 12.7. The van der Waals surface area contributed by atoms with E-state index in [9.17, 15) is 4.79 Å². The number of aryl methyl sites for hydroxylation is 3. The highest BCUT2D eigenvalue weighted by molar-refractivity contribution is 6.33. The number of carbonyl (C=O) groups is 1. The lowest BCUT2D eigenvalue weighted by Gasteiger charge is -2.07. The smallest absolute Gasteiger partial charge is 0.260 e. The maximum atomic E-state index is 12.7. The van der Waals surface area contributed by atoms with Crippen molar-refractivity contribution in [2.24, 2.45) is 0 Å². The van der Waals surface area contributed by atoms with Gasteiger partial charge in [-0.2, -0.15) is 5.10 Å². The van der Waals surface area contributed by atoms with Crippen molar-refractivity contribution in [1.29, 1.82) is 0 Å². The van der Waals surface area contributed by atoms with E-state index in [2.05, 4.69) is 29.5 Å². The lowest BCUT2D eigenvalue weighted by Crippen LogP contribution is -2.13. The van der Waals surface area contributed by atoms with Gasteiger partial charge in [0.2, 0.25) is 0 Å². The summed E-state index contributed by atoms with van der Waals surface area (Å²) in [5.41, 5.74) is 5.33. The summed E-state index contributed by atoms with van der Waals surface area (Å²) in [7, 11) is 0. The molecule has 1 heterocycles. The summed E-state index contributed by atoms with van der Waals surface area (Å²) in [5.74, 6) is -0.240. The molecule has 0 radical (unpaired) electrons. The molecule has 4 nitrogen and oxygen atoms in total. The van der Waals surface area contributed by atoms with E-state index in [1.807, 2.05) is 43.3 Å². The lowest BCUT2D eigenvalue weighted by atomic mass is 10.1. The predicted octanol–water partition coefficient (Wildman–Crippen LogP) is 5.41. The third-order valence-electron chi connectivity index (χ3n) is 4.50. The molecule has 0 fully saturated rings. The Bertz CT molecular complexity index is 927. The largest absolute Gasteiger partial charge is 0.322 e. The van der Waals surface area contributed by atoms with Crippen LogP contribution in [0, 0.1) is 13.8 Å². The number of hydrogen-bond donors (Lipinski definition) is 1. The van der Waals surface area contributed by atoms with E-state index in [-0.39, 0.29) is 5.91 Å². The van der Waals surface area contributed by atoms with E-state index in [0.29, 0.717) is 23.0 Å². The molecule has 0 bridgehead atoms. The predicted molar refractivity (Wildman–Crippen MR) is 111 cm³/mol. The number of nitrogens with zero attached hydrogens (tertiary/aromatic N) is 2. The number of halogens is 1. The van der Waals surface area contributed by atoms with E-state index < -0.39 is 0 Å². The summed E-state index contributed by atoms with van der Waals surface area (Å²) >= 11 is 6.48. The fourth-order valence-electron chi connectivity index (χ4n) is 3.02. The molecule has 3 aromatic rings. The number of carbonyl (C=O) groups excluding carboxylic acids is 1. The molecule has 0 unspecified atom stereocenters. The number of rotatable bonds is 6. The summed E-state index contributed by atoms with van der Waals surface area (Å²) in [5, 5.41) is 7.72. The van der Waals surface area contributed by atoms with Crippen LogP contribution in [0.4, 0.5) is 5.69 Å². The van der Waals surface area contributed by atoms with Crippen LogP contribution >= 0.6 is 11.6 Å². The second kappa shape index (κ2) is 8.40. The third kappa shape index (κ3) is 4.58. The second-order valence-electron chi connectivity index (χ2n) is 6.80. The zero-order chi connectivity index (χ0) is 19.4. The minimum atomic E-state index is -0.240. The first-order chi connectivity index (χ1) is 13.0. The van der Waals surface area contributed by atoms with Gasteiger partial charge in [-0.15, -0.1) is 0 Å². The van der Waals surface area contributed by atoms with E-state index in [1.165, 1.54) is 11.1 Å². The maximum Gasteiger partial charge on any atom is 0.260 e. The quantitative estimate of drug-likeness (QED) is 0.620. The topological polar surface area (TPSA) is 46.9 Å². The first-order valence-electron chi connectivity index (χ1n) is 9.16. The normalized spacial score (nSPS) is 10.8. The van der Waals surface area contributed by atoms with Gasteiger partial charge in [0.15, 0.2) is 0 Å². The van der Waals surface area contributed by atoms with Gasteiger partial charge in [0.1, 0.15) is 5.15 Å². The summed E-state index contributed by atoms with van der Waals surface area (Å²) in [4.78, 5) is 12.7. The average molecular weight is 382 g/mol. The van der Waals surface area contributed by atoms with Crippen molar-refractivity contribution in [2.75, 3.05) is 5.32 Å². The molecule has 2 aromatic carbocycles. The summed E-state index contributed by atoms with van der Waals surface area (Å²) < 4.78 is 1.67. The van der Waals surface area contributed by atoms with Gasteiger partial charge < -0.3 is 5.32 Å². The number of aromatic nitrogens is 2. The molecule has 0 saturated heterocycles. The highest BCUT2D eigenvalue weighted by atomic mass is 35.5. The van der Waals surface area contributed by atoms with Crippen molar-refractivity contribution in [1.82, 2.24) is 9.78 Å². The number of nitrogens with one attached hydrogen (secondary N) is 1. The van der Waals surface area contributed by atoms with Gasteiger partial charge in [-0.3, -0.25) is 4.79 Å². The van der Waals surface area contributed by atoms with Gasteiger partial charge >= 0.3 is 0 Å². The zero-order valence-electron chi connectivity index (χ0n) is 15.9. The minimum absolute atomic E-state index is 0.240. The van der Waals surface area contributed by atoms with Crippen LogP contribution in [0.2, 0.25) is 5.15 Å². The van der Waals surface area contributed by atoms with Crippen LogP contribution in [-0.2, 0) is 13.0 Å². The summed E-state index contributed by atoms with van der Waals surface area (Å²) in [6.07, 6.45) is 2.13. The van der Waals surface area contributed by atoms with Gasteiger partial charge in [-0.05, 0) is 43.5 Å². The molecule has 0 spiro atoms. The van der Waals surface area contributed by atoms with Crippen molar-refractivity contribution in [3.8, 4) is 0 Å². The van der Waals surface area contributed by atoms with Gasteiger partial charge in [-0.25, -0.2) is 4.68 Å². The molecular weight excluding hydrogens is 358 g/mol. The van der Waals surface area contributed by atoms with Crippen molar-refractivity contribution in [2.45, 2.75) is 40.2 Å². The molecule has 1 N–H and O–H groups in total. The molecule has 3 rings (SSSR count). The first-order valence-corrected chi connectivity index (χ1v) is 9.54. The van der Waals surface area contributed by atoms with E-state index in [0.717, 1.165) is 24.1 Å². The van der Waals surface area contributed by atoms with E-state index in [1.54, 1.807) is 11.6 Å². The second-order valence-corrected chi connectivity index (χ2v) is 7.15. The summed E-state index contributed by atoms with van der Waals surface area (Å²) in [6, 6.07) is 16.1. The molecule has 27 heavy (non-hydrogen) atoms. The fourth-order valence-corrected chi connectivity index (χ4v) is 3.34. The molecule has 140 valence electrons. The van der Waals surface area contributed by atoms with Crippen LogP contribution in [-0.4, -0.2) is 15.7 Å². The van der Waals surface area contributed by atoms with Gasteiger partial charge in [-0.1, -0.05) is 66.9 Å². The van der Waals surface area contributed by atoms with E-state index >= 15 is 0 Å². The Kier molecular flexibility index (Phi) is 5.97. The Morgan fingerprint density at radius 3 is 2.30 bits per heavy atom. The van der Waals surface area contributed by atoms with Gasteiger partial charge in [0.05, 0.1) is 17.8 Å². The SMILES string of the molecule is CCCc1ccc(NC(=O)c2c(C)nn(Cc3ccc(C)cc3)c2Cl)cc1. The van der Waals surface area contributed by atoms with Crippen LogP contribution in [0.3, 0.4) is 0 Å². The Balaban J connectivity index is 1.76. The molecule has 0 aliphatic rings. The number of anilines is 1. The van der Waals surface area contributed by atoms with Crippen LogP contribution in [0.1, 0.15) is 46.1 Å². The average Bonchev–Trinajstić information content (AvgIpc) is 2.92. The third-order valence-corrected chi connectivity index (χ3v) is 4.88. The standard InChI is InChI=1S/C22H24ClN3O/c1-4-5-17-10-12-19(13-11-17)24-22(27)20-16(3)25-26(21(20)23)14-18-8-6-15(2)7-9-18/h6-13H,4-5,14H2,1-3H3,(H,24,27).